The molecule has 0 spiro atoms. The van der Waals surface area contributed by atoms with Crippen molar-refractivity contribution in [2.75, 3.05) is 0 Å². The lowest BCUT2D eigenvalue weighted by Crippen LogP contribution is -2.26. The van der Waals surface area contributed by atoms with Crippen LogP contribution in [0.4, 0.5) is 8.78 Å². The second-order valence-electron chi connectivity index (χ2n) is 4.74. The molecule has 0 saturated carbocycles. The molecule has 2 rings (SSSR count). The number of carbonyl (C=O) groups is 1. The number of hydrogen-bond acceptors (Lipinski definition) is 1. The molecule has 0 aromatic heterocycles. The first kappa shape index (κ1) is 14.2. The molecule has 1 atom stereocenters. The Kier molecular flexibility index (Phi) is 4.13. The van der Waals surface area contributed by atoms with E-state index in [1.807, 2.05) is 13.0 Å². The molecule has 0 aliphatic carbocycles. The standard InChI is InChI=1S/C16H15F2NO/c1-10-4-3-5-13(8-10)16(20)19-11(2)12-6-7-14(17)15(18)9-12/h3-9,11H,1-2H3,(H,19,20)/t11-/m1/s1. The lowest BCUT2D eigenvalue weighted by Gasteiger charge is -2.15. The molecule has 0 radical (unpaired) electrons. The maximum Gasteiger partial charge on any atom is 0.251 e. The van der Waals surface area contributed by atoms with Gasteiger partial charge < -0.3 is 5.32 Å². The molecule has 2 aromatic carbocycles. The monoisotopic (exact) mass is 275 g/mol. The first-order valence-electron chi connectivity index (χ1n) is 6.30. The zero-order valence-electron chi connectivity index (χ0n) is 11.3. The number of hydrogen-bond donors (Lipinski definition) is 1. The highest BCUT2D eigenvalue weighted by Gasteiger charge is 2.13. The number of aryl methyl sites for hydroxylation is 1. The summed E-state index contributed by atoms with van der Waals surface area (Å²) in [4.78, 5) is 12.1. The summed E-state index contributed by atoms with van der Waals surface area (Å²) in [5.74, 6) is -2.06. The first-order chi connectivity index (χ1) is 9.47. The van der Waals surface area contributed by atoms with Crippen molar-refractivity contribution in [3.63, 3.8) is 0 Å². The number of nitrogens with one attached hydrogen (secondary N) is 1. The smallest absolute Gasteiger partial charge is 0.251 e. The van der Waals surface area contributed by atoms with Crippen LogP contribution < -0.4 is 5.32 Å². The maximum absolute atomic E-state index is 13.2. The number of halogens is 2. The molecule has 0 aliphatic rings. The largest absolute Gasteiger partial charge is 0.346 e. The molecule has 1 N–H and O–H groups in total. The Balaban J connectivity index is 2.13. The molecule has 4 heteroatoms. The summed E-state index contributed by atoms with van der Waals surface area (Å²) < 4.78 is 26.0. The van der Waals surface area contributed by atoms with E-state index in [1.54, 1.807) is 25.1 Å². The summed E-state index contributed by atoms with van der Waals surface area (Å²) in [5.41, 5.74) is 2.04. The van der Waals surface area contributed by atoms with Gasteiger partial charge >= 0.3 is 0 Å². The summed E-state index contributed by atoms with van der Waals surface area (Å²) in [6.07, 6.45) is 0. The molecular formula is C16H15F2NO. The molecule has 0 unspecified atom stereocenters. The molecule has 0 heterocycles. The number of carbonyl (C=O) groups excluding carboxylic acids is 1. The Morgan fingerprint density at radius 1 is 1.10 bits per heavy atom. The minimum atomic E-state index is -0.917. The molecule has 20 heavy (non-hydrogen) atoms. The lowest BCUT2D eigenvalue weighted by molar-refractivity contribution is 0.0939. The fourth-order valence-electron chi connectivity index (χ4n) is 1.93. The van der Waals surface area contributed by atoms with Crippen molar-refractivity contribution in [3.05, 3.63) is 70.8 Å². The van der Waals surface area contributed by atoms with Gasteiger partial charge in [-0.15, -0.1) is 0 Å². The molecule has 2 aromatic rings. The van der Waals surface area contributed by atoms with Crippen molar-refractivity contribution in [2.45, 2.75) is 19.9 Å². The van der Waals surface area contributed by atoms with Gasteiger partial charge in [-0.2, -0.15) is 0 Å². The van der Waals surface area contributed by atoms with Gasteiger partial charge in [0, 0.05) is 5.56 Å². The third kappa shape index (κ3) is 3.20. The summed E-state index contributed by atoms with van der Waals surface area (Å²) in [7, 11) is 0. The molecule has 2 nitrogen and oxygen atoms in total. The van der Waals surface area contributed by atoms with Crippen molar-refractivity contribution in [1.29, 1.82) is 0 Å². The predicted molar refractivity (Wildman–Crippen MR) is 73.4 cm³/mol. The van der Waals surface area contributed by atoms with Crippen LogP contribution in [0, 0.1) is 18.6 Å². The van der Waals surface area contributed by atoms with Gasteiger partial charge in [-0.25, -0.2) is 8.78 Å². The van der Waals surface area contributed by atoms with Crippen LogP contribution in [0.2, 0.25) is 0 Å². The maximum atomic E-state index is 13.2. The first-order valence-corrected chi connectivity index (χ1v) is 6.30. The second-order valence-corrected chi connectivity index (χ2v) is 4.74. The third-order valence-corrected chi connectivity index (χ3v) is 3.07. The van der Waals surface area contributed by atoms with E-state index in [0.29, 0.717) is 11.1 Å². The van der Waals surface area contributed by atoms with Gasteiger partial charge in [0.25, 0.3) is 5.91 Å². The van der Waals surface area contributed by atoms with Crippen molar-refractivity contribution in [2.24, 2.45) is 0 Å². The topological polar surface area (TPSA) is 29.1 Å². The summed E-state index contributed by atoms with van der Waals surface area (Å²) in [6.45, 7) is 3.62. The molecule has 0 aliphatic heterocycles. The summed E-state index contributed by atoms with van der Waals surface area (Å²) in [5, 5.41) is 2.76. The van der Waals surface area contributed by atoms with Crippen LogP contribution in [-0.2, 0) is 0 Å². The quantitative estimate of drug-likeness (QED) is 0.907. The second kappa shape index (κ2) is 5.82. The number of benzene rings is 2. The van der Waals surface area contributed by atoms with Crippen LogP contribution in [0.3, 0.4) is 0 Å². The van der Waals surface area contributed by atoms with E-state index >= 15 is 0 Å². The van der Waals surface area contributed by atoms with Crippen molar-refractivity contribution in [1.82, 2.24) is 5.32 Å². The van der Waals surface area contributed by atoms with Crippen LogP contribution in [0.5, 0.6) is 0 Å². The van der Waals surface area contributed by atoms with Gasteiger partial charge in [0.1, 0.15) is 0 Å². The normalized spacial score (nSPS) is 12.0. The predicted octanol–water partition coefficient (Wildman–Crippen LogP) is 3.76. The number of amides is 1. The van der Waals surface area contributed by atoms with Gasteiger partial charge in [-0.1, -0.05) is 23.8 Å². The van der Waals surface area contributed by atoms with E-state index < -0.39 is 17.7 Å². The highest BCUT2D eigenvalue weighted by atomic mass is 19.2. The van der Waals surface area contributed by atoms with E-state index in [0.717, 1.165) is 17.7 Å². The molecule has 1 amide bonds. The Morgan fingerprint density at radius 3 is 2.50 bits per heavy atom. The van der Waals surface area contributed by atoms with Crippen molar-refractivity contribution >= 4 is 5.91 Å². The minimum Gasteiger partial charge on any atom is -0.346 e. The lowest BCUT2D eigenvalue weighted by atomic mass is 10.1. The molecule has 104 valence electrons. The Labute approximate surface area is 116 Å². The van der Waals surface area contributed by atoms with E-state index in [4.69, 9.17) is 0 Å². The Morgan fingerprint density at radius 2 is 1.85 bits per heavy atom. The average molecular weight is 275 g/mol. The van der Waals surface area contributed by atoms with Crippen molar-refractivity contribution in [3.8, 4) is 0 Å². The van der Waals surface area contributed by atoms with E-state index in [1.165, 1.54) is 6.07 Å². The molecule has 0 fully saturated rings. The average Bonchev–Trinajstić information content (AvgIpc) is 2.41. The summed E-state index contributed by atoms with van der Waals surface area (Å²) >= 11 is 0. The van der Waals surface area contributed by atoms with Gasteiger partial charge in [0.05, 0.1) is 6.04 Å². The number of rotatable bonds is 3. The van der Waals surface area contributed by atoms with Crippen LogP contribution in [0.1, 0.15) is 34.5 Å². The van der Waals surface area contributed by atoms with E-state index in [9.17, 15) is 13.6 Å². The van der Waals surface area contributed by atoms with Crippen LogP contribution in [-0.4, -0.2) is 5.91 Å². The minimum absolute atomic E-state index is 0.245. The van der Waals surface area contributed by atoms with Crippen LogP contribution >= 0.6 is 0 Å². The zero-order valence-corrected chi connectivity index (χ0v) is 11.3. The SMILES string of the molecule is Cc1cccc(C(=O)N[C@H](C)c2ccc(F)c(F)c2)c1. The van der Waals surface area contributed by atoms with Gasteiger partial charge in [0.2, 0.25) is 0 Å². The van der Waals surface area contributed by atoms with E-state index in [2.05, 4.69) is 5.32 Å². The fraction of sp³-hybridized carbons (Fsp3) is 0.188. The highest BCUT2D eigenvalue weighted by molar-refractivity contribution is 5.94. The van der Waals surface area contributed by atoms with Gasteiger partial charge in [0.15, 0.2) is 11.6 Å². The third-order valence-electron chi connectivity index (χ3n) is 3.07. The Bertz CT molecular complexity index is 640. The molecule has 0 saturated heterocycles. The molecule has 0 bridgehead atoms. The van der Waals surface area contributed by atoms with Crippen LogP contribution in [0.15, 0.2) is 42.5 Å². The van der Waals surface area contributed by atoms with Crippen LogP contribution in [0.25, 0.3) is 0 Å². The Hall–Kier alpha value is -2.23. The van der Waals surface area contributed by atoms with Gasteiger partial charge in [-0.3, -0.25) is 4.79 Å². The fourth-order valence-corrected chi connectivity index (χ4v) is 1.93. The van der Waals surface area contributed by atoms with Gasteiger partial charge in [-0.05, 0) is 43.7 Å². The van der Waals surface area contributed by atoms with Crippen molar-refractivity contribution < 1.29 is 13.6 Å². The summed E-state index contributed by atoms with van der Waals surface area (Å²) in [6, 6.07) is 10.4. The zero-order chi connectivity index (χ0) is 14.7. The van der Waals surface area contributed by atoms with E-state index in [-0.39, 0.29) is 5.91 Å². The highest BCUT2D eigenvalue weighted by Crippen LogP contribution is 2.16. The molecular weight excluding hydrogens is 260 g/mol.